The number of oxazole rings is 1. The minimum Gasteiger partial charge on any atom is -0.489 e. The van der Waals surface area contributed by atoms with Crippen molar-refractivity contribution < 1.29 is 13.9 Å². The van der Waals surface area contributed by atoms with Crippen molar-refractivity contribution in [2.75, 3.05) is 0 Å². The zero-order valence-electron chi connectivity index (χ0n) is 14.1. The van der Waals surface area contributed by atoms with Gasteiger partial charge in [-0.15, -0.1) is 0 Å². The molecule has 2 aromatic heterocycles. The normalized spacial score (nSPS) is 11.0. The lowest BCUT2D eigenvalue weighted by molar-refractivity contribution is 0.256. The molecule has 126 valence electrons. The molecule has 3 aromatic rings. The van der Waals surface area contributed by atoms with E-state index in [9.17, 15) is 0 Å². The van der Waals surface area contributed by atoms with Crippen LogP contribution < -0.4 is 9.47 Å². The maximum absolute atomic E-state index is 5.71. The number of rotatable bonds is 7. The summed E-state index contributed by atoms with van der Waals surface area (Å²) < 4.78 is 18.8. The van der Waals surface area contributed by atoms with E-state index < -0.39 is 0 Å². The predicted molar refractivity (Wildman–Crippen MR) is 88.9 cm³/mol. The van der Waals surface area contributed by atoms with E-state index in [2.05, 4.69) is 23.9 Å². The van der Waals surface area contributed by atoms with Crippen molar-refractivity contribution in [3.05, 3.63) is 60.1 Å². The maximum atomic E-state index is 5.71. The Bertz CT molecular complexity index is 775. The van der Waals surface area contributed by atoms with Gasteiger partial charge in [0.25, 0.3) is 0 Å². The first-order valence-corrected chi connectivity index (χ1v) is 7.88. The molecular weight excluding hydrogens is 306 g/mol. The number of ether oxygens (including phenoxy) is 2. The Balaban J connectivity index is 1.50. The topological polar surface area (TPSA) is 62.3 Å². The molecule has 0 fully saturated rings. The van der Waals surface area contributed by atoms with Crippen LogP contribution in [0.2, 0.25) is 0 Å². The second kappa shape index (κ2) is 7.21. The number of aryl methyl sites for hydroxylation is 1. The quantitative estimate of drug-likeness (QED) is 0.662. The van der Waals surface area contributed by atoms with Crippen LogP contribution >= 0.6 is 0 Å². The SMILES string of the molecule is CC(C)c1cnc(COc2ccc(OCc3cnn(C)c3)cc2)o1. The summed E-state index contributed by atoms with van der Waals surface area (Å²) in [6, 6.07) is 7.48. The lowest BCUT2D eigenvalue weighted by Gasteiger charge is -2.07. The molecular formula is C18H21N3O3. The molecule has 0 amide bonds. The summed E-state index contributed by atoms with van der Waals surface area (Å²) in [5, 5.41) is 4.11. The highest BCUT2D eigenvalue weighted by Gasteiger charge is 2.08. The van der Waals surface area contributed by atoms with Crippen LogP contribution in [0.4, 0.5) is 0 Å². The number of benzene rings is 1. The van der Waals surface area contributed by atoms with Gasteiger partial charge in [0.1, 0.15) is 23.9 Å². The van der Waals surface area contributed by atoms with E-state index in [-0.39, 0.29) is 0 Å². The fraction of sp³-hybridized carbons (Fsp3) is 0.333. The number of aromatic nitrogens is 3. The van der Waals surface area contributed by atoms with Gasteiger partial charge in [0.15, 0.2) is 6.61 Å². The molecule has 0 unspecified atom stereocenters. The third-order valence-electron chi connectivity index (χ3n) is 3.49. The van der Waals surface area contributed by atoms with Gasteiger partial charge in [-0.3, -0.25) is 4.68 Å². The third kappa shape index (κ3) is 4.16. The van der Waals surface area contributed by atoms with E-state index in [1.165, 1.54) is 0 Å². The highest BCUT2D eigenvalue weighted by Crippen LogP contribution is 2.20. The molecule has 0 saturated carbocycles. The molecule has 0 spiro atoms. The van der Waals surface area contributed by atoms with Gasteiger partial charge in [-0.25, -0.2) is 4.98 Å². The molecule has 0 N–H and O–H groups in total. The molecule has 2 heterocycles. The summed E-state index contributed by atoms with van der Waals surface area (Å²) in [7, 11) is 1.88. The van der Waals surface area contributed by atoms with Gasteiger partial charge in [0.05, 0.1) is 12.4 Å². The van der Waals surface area contributed by atoms with Crippen molar-refractivity contribution in [2.45, 2.75) is 33.0 Å². The van der Waals surface area contributed by atoms with E-state index in [0.717, 1.165) is 22.8 Å². The van der Waals surface area contributed by atoms with Crippen molar-refractivity contribution in [1.82, 2.24) is 14.8 Å². The van der Waals surface area contributed by atoms with Crippen LogP contribution in [0.3, 0.4) is 0 Å². The van der Waals surface area contributed by atoms with Crippen molar-refractivity contribution in [3.8, 4) is 11.5 Å². The first-order chi connectivity index (χ1) is 11.6. The van der Waals surface area contributed by atoms with E-state index in [1.54, 1.807) is 17.1 Å². The third-order valence-corrected chi connectivity index (χ3v) is 3.49. The predicted octanol–water partition coefficient (Wildman–Crippen LogP) is 3.69. The number of hydrogen-bond donors (Lipinski definition) is 0. The molecule has 0 aliphatic rings. The van der Waals surface area contributed by atoms with Crippen LogP contribution in [0.5, 0.6) is 11.5 Å². The fourth-order valence-electron chi connectivity index (χ4n) is 2.15. The first-order valence-electron chi connectivity index (χ1n) is 7.88. The molecule has 24 heavy (non-hydrogen) atoms. The van der Waals surface area contributed by atoms with Crippen LogP contribution in [0.1, 0.15) is 37.0 Å². The van der Waals surface area contributed by atoms with Crippen LogP contribution in [0.25, 0.3) is 0 Å². The Morgan fingerprint density at radius 2 is 1.71 bits per heavy atom. The smallest absolute Gasteiger partial charge is 0.232 e. The maximum Gasteiger partial charge on any atom is 0.232 e. The van der Waals surface area contributed by atoms with Gasteiger partial charge in [0.2, 0.25) is 5.89 Å². The monoisotopic (exact) mass is 327 g/mol. The summed E-state index contributed by atoms with van der Waals surface area (Å²) in [5.74, 6) is 3.29. The van der Waals surface area contributed by atoms with Crippen molar-refractivity contribution in [3.63, 3.8) is 0 Å². The minimum absolute atomic E-state index is 0.308. The molecule has 6 heteroatoms. The first kappa shape index (κ1) is 16.1. The lowest BCUT2D eigenvalue weighted by Crippen LogP contribution is -1.96. The summed E-state index contributed by atoms with van der Waals surface area (Å²) in [4.78, 5) is 4.21. The van der Waals surface area contributed by atoms with Gasteiger partial charge in [-0.2, -0.15) is 5.10 Å². The highest BCUT2D eigenvalue weighted by atomic mass is 16.5. The molecule has 0 atom stereocenters. The zero-order chi connectivity index (χ0) is 16.9. The molecule has 0 aliphatic carbocycles. The van der Waals surface area contributed by atoms with Crippen molar-refractivity contribution in [1.29, 1.82) is 0 Å². The van der Waals surface area contributed by atoms with Gasteiger partial charge in [-0.1, -0.05) is 13.8 Å². The molecule has 1 aromatic carbocycles. The minimum atomic E-state index is 0.308. The van der Waals surface area contributed by atoms with Crippen LogP contribution in [-0.4, -0.2) is 14.8 Å². The van der Waals surface area contributed by atoms with Gasteiger partial charge in [0, 0.05) is 24.7 Å². The van der Waals surface area contributed by atoms with Crippen LogP contribution in [0.15, 0.2) is 47.3 Å². The van der Waals surface area contributed by atoms with Crippen LogP contribution in [0, 0.1) is 0 Å². The Morgan fingerprint density at radius 1 is 1.04 bits per heavy atom. The Morgan fingerprint density at radius 3 is 2.25 bits per heavy atom. The average molecular weight is 327 g/mol. The van der Waals surface area contributed by atoms with E-state index in [4.69, 9.17) is 13.9 Å². The standard InChI is InChI=1S/C18H21N3O3/c1-13(2)17-9-19-18(24-17)12-23-16-6-4-15(5-7-16)22-11-14-8-20-21(3)10-14/h4-10,13H,11-12H2,1-3H3. The van der Waals surface area contributed by atoms with Crippen LogP contribution in [-0.2, 0) is 20.3 Å². The van der Waals surface area contributed by atoms with E-state index in [0.29, 0.717) is 25.0 Å². The number of hydrogen-bond acceptors (Lipinski definition) is 5. The highest BCUT2D eigenvalue weighted by molar-refractivity contribution is 5.31. The molecule has 0 saturated heterocycles. The zero-order valence-corrected chi connectivity index (χ0v) is 14.1. The Labute approximate surface area is 141 Å². The van der Waals surface area contributed by atoms with Crippen molar-refractivity contribution >= 4 is 0 Å². The second-order valence-electron chi connectivity index (χ2n) is 5.88. The largest absolute Gasteiger partial charge is 0.489 e. The summed E-state index contributed by atoms with van der Waals surface area (Å²) in [5.41, 5.74) is 1.03. The molecule has 6 nitrogen and oxygen atoms in total. The Kier molecular flexibility index (Phi) is 4.84. The number of nitrogens with zero attached hydrogens (tertiary/aromatic N) is 3. The summed E-state index contributed by atoms with van der Waals surface area (Å²) in [6.07, 6.45) is 5.47. The summed E-state index contributed by atoms with van der Waals surface area (Å²) in [6.45, 7) is 4.93. The molecule has 0 radical (unpaired) electrons. The average Bonchev–Trinajstić information content (AvgIpc) is 3.21. The second-order valence-corrected chi connectivity index (χ2v) is 5.88. The molecule has 3 rings (SSSR count). The lowest BCUT2D eigenvalue weighted by atomic mass is 10.2. The fourth-order valence-corrected chi connectivity index (χ4v) is 2.15. The van der Waals surface area contributed by atoms with Crippen molar-refractivity contribution in [2.24, 2.45) is 7.05 Å². The van der Waals surface area contributed by atoms with E-state index in [1.807, 2.05) is 37.5 Å². The molecule has 0 bridgehead atoms. The Hall–Kier alpha value is -2.76. The molecule has 0 aliphatic heterocycles. The summed E-state index contributed by atoms with van der Waals surface area (Å²) >= 11 is 0. The van der Waals surface area contributed by atoms with E-state index >= 15 is 0 Å². The van der Waals surface area contributed by atoms with Gasteiger partial charge >= 0.3 is 0 Å². The van der Waals surface area contributed by atoms with Gasteiger partial charge in [-0.05, 0) is 24.3 Å². The van der Waals surface area contributed by atoms with Gasteiger partial charge < -0.3 is 13.9 Å².